The van der Waals surface area contributed by atoms with Crippen LogP contribution in [-0.4, -0.2) is 12.3 Å². The standard InChI is InChI=1S/C11H16OSSi/c1-10(14(2,3)4)13(12)11-8-6-5-7-9-11/h5-9H,1H2,2-4H3. The molecule has 1 aromatic rings. The lowest BCUT2D eigenvalue weighted by atomic mass is 10.4. The summed E-state index contributed by atoms with van der Waals surface area (Å²) in [5.41, 5.74) is 0. The molecule has 0 spiro atoms. The average molecular weight is 224 g/mol. The second kappa shape index (κ2) is 4.23. The molecular weight excluding hydrogens is 208 g/mol. The van der Waals surface area contributed by atoms with Gasteiger partial charge in [0, 0.05) is 4.90 Å². The van der Waals surface area contributed by atoms with Crippen molar-refractivity contribution >= 4 is 18.9 Å². The van der Waals surface area contributed by atoms with Crippen LogP contribution in [0.4, 0.5) is 0 Å². The van der Waals surface area contributed by atoms with E-state index in [9.17, 15) is 4.21 Å². The second-order valence-electron chi connectivity index (χ2n) is 4.25. The molecule has 0 fully saturated rings. The molecule has 0 aliphatic heterocycles. The molecule has 1 nitrogen and oxygen atoms in total. The summed E-state index contributed by atoms with van der Waals surface area (Å²) in [6.45, 7) is 10.5. The molecule has 1 aromatic carbocycles. The molecule has 1 rings (SSSR count). The maximum atomic E-state index is 12.0. The first-order valence-corrected chi connectivity index (χ1v) is 9.24. The fourth-order valence-electron chi connectivity index (χ4n) is 0.964. The molecule has 0 aromatic heterocycles. The minimum absolute atomic E-state index is 0.861. The molecule has 0 saturated carbocycles. The minimum Gasteiger partial charge on any atom is -0.250 e. The predicted octanol–water partition coefficient (Wildman–Crippen LogP) is 3.19. The molecule has 1 atom stereocenters. The summed E-state index contributed by atoms with van der Waals surface area (Å²) < 4.78 is 12.9. The van der Waals surface area contributed by atoms with Crippen molar-refractivity contribution in [1.29, 1.82) is 0 Å². The van der Waals surface area contributed by atoms with Crippen molar-refractivity contribution in [2.24, 2.45) is 0 Å². The molecule has 0 bridgehead atoms. The SMILES string of the molecule is C=C(S(=O)c1ccccc1)[Si](C)(C)C. The van der Waals surface area contributed by atoms with E-state index in [0.717, 1.165) is 9.42 Å². The number of hydrogen-bond acceptors (Lipinski definition) is 1. The third-order valence-corrected chi connectivity index (χ3v) is 7.23. The molecule has 0 aliphatic carbocycles. The van der Waals surface area contributed by atoms with Gasteiger partial charge in [0.25, 0.3) is 0 Å². The van der Waals surface area contributed by atoms with Crippen LogP contribution in [0.1, 0.15) is 0 Å². The van der Waals surface area contributed by atoms with Crippen LogP contribution in [0, 0.1) is 0 Å². The summed E-state index contributed by atoms with van der Waals surface area (Å²) >= 11 is 0. The van der Waals surface area contributed by atoms with Crippen molar-refractivity contribution in [3.05, 3.63) is 41.4 Å². The topological polar surface area (TPSA) is 17.1 Å². The van der Waals surface area contributed by atoms with E-state index in [1.54, 1.807) is 0 Å². The highest BCUT2D eigenvalue weighted by atomic mass is 32.2. The van der Waals surface area contributed by atoms with Gasteiger partial charge in [0.1, 0.15) is 0 Å². The van der Waals surface area contributed by atoms with E-state index in [-0.39, 0.29) is 0 Å². The van der Waals surface area contributed by atoms with Crippen LogP contribution in [0.15, 0.2) is 46.3 Å². The third-order valence-electron chi connectivity index (χ3n) is 2.02. The Labute approximate surface area is 89.3 Å². The van der Waals surface area contributed by atoms with Gasteiger partial charge in [-0.2, -0.15) is 0 Å². The Morgan fingerprint density at radius 3 is 2.14 bits per heavy atom. The largest absolute Gasteiger partial charge is 0.250 e. The third kappa shape index (κ3) is 2.66. The van der Waals surface area contributed by atoms with Crippen LogP contribution < -0.4 is 0 Å². The van der Waals surface area contributed by atoms with Gasteiger partial charge in [0.15, 0.2) is 0 Å². The molecule has 0 N–H and O–H groups in total. The lowest BCUT2D eigenvalue weighted by Gasteiger charge is -2.18. The fraction of sp³-hybridized carbons (Fsp3) is 0.273. The monoisotopic (exact) mass is 224 g/mol. The first kappa shape index (κ1) is 11.4. The Bertz CT molecular complexity index is 351. The predicted molar refractivity (Wildman–Crippen MR) is 65.3 cm³/mol. The molecule has 0 heterocycles. The highest BCUT2D eigenvalue weighted by molar-refractivity contribution is 7.91. The maximum Gasteiger partial charge on any atom is 0.0887 e. The van der Waals surface area contributed by atoms with E-state index < -0.39 is 18.9 Å². The summed E-state index contributed by atoms with van der Waals surface area (Å²) in [7, 11) is -2.53. The normalized spacial score (nSPS) is 13.6. The summed E-state index contributed by atoms with van der Waals surface area (Å²) in [5, 5.41) is 0. The molecular formula is C11H16OSSi. The lowest BCUT2D eigenvalue weighted by molar-refractivity contribution is 0.688. The molecule has 0 radical (unpaired) electrons. The van der Waals surface area contributed by atoms with Crippen molar-refractivity contribution in [3.8, 4) is 0 Å². The van der Waals surface area contributed by atoms with Gasteiger partial charge in [-0.1, -0.05) is 44.4 Å². The van der Waals surface area contributed by atoms with Crippen LogP contribution in [0.2, 0.25) is 19.6 Å². The quantitative estimate of drug-likeness (QED) is 0.721. The zero-order valence-electron chi connectivity index (χ0n) is 8.91. The first-order chi connectivity index (χ1) is 6.43. The van der Waals surface area contributed by atoms with Crippen LogP contribution in [-0.2, 0) is 10.8 Å². The van der Waals surface area contributed by atoms with Crippen LogP contribution in [0.25, 0.3) is 0 Å². The van der Waals surface area contributed by atoms with Crippen molar-refractivity contribution in [2.45, 2.75) is 24.5 Å². The molecule has 76 valence electrons. The number of benzene rings is 1. The first-order valence-electron chi connectivity index (χ1n) is 4.59. The molecule has 0 aliphatic rings. The molecule has 14 heavy (non-hydrogen) atoms. The maximum absolute atomic E-state index is 12.0. The zero-order chi connectivity index (χ0) is 10.8. The van der Waals surface area contributed by atoms with Crippen LogP contribution >= 0.6 is 0 Å². The summed E-state index contributed by atoms with van der Waals surface area (Å²) in [6, 6.07) is 9.52. The van der Waals surface area contributed by atoms with E-state index in [4.69, 9.17) is 0 Å². The smallest absolute Gasteiger partial charge is 0.0887 e. The van der Waals surface area contributed by atoms with Crippen LogP contribution in [0.3, 0.4) is 0 Å². The summed E-state index contributed by atoms with van der Waals surface area (Å²) in [4.78, 5) is 0.861. The van der Waals surface area contributed by atoms with E-state index in [1.165, 1.54) is 0 Å². The molecule has 3 heteroatoms. The van der Waals surface area contributed by atoms with Crippen molar-refractivity contribution in [2.75, 3.05) is 0 Å². The van der Waals surface area contributed by atoms with Gasteiger partial charge < -0.3 is 0 Å². The highest BCUT2D eigenvalue weighted by Gasteiger charge is 2.23. The zero-order valence-corrected chi connectivity index (χ0v) is 10.7. The van der Waals surface area contributed by atoms with Gasteiger partial charge in [-0.05, 0) is 16.7 Å². The average Bonchev–Trinajstić information content (AvgIpc) is 2.15. The molecule has 0 saturated heterocycles. The van der Waals surface area contributed by atoms with Gasteiger partial charge in [0.05, 0.1) is 18.9 Å². The Morgan fingerprint density at radius 2 is 1.71 bits per heavy atom. The second-order valence-corrected chi connectivity index (χ2v) is 11.2. The van der Waals surface area contributed by atoms with Crippen LogP contribution in [0.5, 0.6) is 0 Å². The van der Waals surface area contributed by atoms with Crippen molar-refractivity contribution in [3.63, 3.8) is 0 Å². The van der Waals surface area contributed by atoms with E-state index in [2.05, 4.69) is 26.2 Å². The van der Waals surface area contributed by atoms with Gasteiger partial charge >= 0.3 is 0 Å². The van der Waals surface area contributed by atoms with Gasteiger partial charge in [-0.25, -0.2) is 4.21 Å². The lowest BCUT2D eigenvalue weighted by Crippen LogP contribution is -2.26. The Balaban J connectivity index is 2.93. The summed E-state index contributed by atoms with van der Waals surface area (Å²) in [6.07, 6.45) is 0. The van der Waals surface area contributed by atoms with Crippen molar-refractivity contribution in [1.82, 2.24) is 0 Å². The Hall–Kier alpha value is -0.673. The summed E-state index contributed by atoms with van der Waals surface area (Å²) in [5.74, 6) is 0. The van der Waals surface area contributed by atoms with Gasteiger partial charge in [-0.3, -0.25) is 0 Å². The number of rotatable bonds is 3. The van der Waals surface area contributed by atoms with Crippen molar-refractivity contribution < 1.29 is 4.21 Å². The highest BCUT2D eigenvalue weighted by Crippen LogP contribution is 2.21. The van der Waals surface area contributed by atoms with E-state index in [0.29, 0.717) is 0 Å². The number of hydrogen-bond donors (Lipinski definition) is 0. The van der Waals surface area contributed by atoms with Gasteiger partial charge in [0.2, 0.25) is 0 Å². The van der Waals surface area contributed by atoms with E-state index in [1.807, 2.05) is 30.3 Å². The Morgan fingerprint density at radius 1 is 1.21 bits per heavy atom. The molecule has 0 amide bonds. The minimum atomic E-state index is -1.50. The Kier molecular flexibility index (Phi) is 3.45. The fourth-order valence-corrected chi connectivity index (χ4v) is 4.23. The van der Waals surface area contributed by atoms with Gasteiger partial charge in [-0.15, -0.1) is 0 Å². The molecule has 1 unspecified atom stereocenters. The van der Waals surface area contributed by atoms with E-state index >= 15 is 0 Å².